The number of nitrogens with zero attached hydrogens (tertiary/aromatic N) is 1. The van der Waals surface area contributed by atoms with Gasteiger partial charge in [0.2, 0.25) is 0 Å². The molecule has 6 nitrogen and oxygen atoms in total. The van der Waals surface area contributed by atoms with Crippen molar-refractivity contribution >= 4 is 51.0 Å². The highest BCUT2D eigenvalue weighted by Gasteiger charge is 2.14. The van der Waals surface area contributed by atoms with E-state index in [2.05, 4.69) is 15.2 Å². The summed E-state index contributed by atoms with van der Waals surface area (Å²) in [6, 6.07) is 18.8. The minimum absolute atomic E-state index is 0.0811. The van der Waals surface area contributed by atoms with Crippen molar-refractivity contribution < 1.29 is 13.2 Å². The molecule has 0 radical (unpaired) electrons. The molecule has 9 heteroatoms. The minimum Gasteiger partial charge on any atom is -0.280 e. The molecule has 3 rings (SSSR count). The van der Waals surface area contributed by atoms with Crippen LogP contribution in [0, 0.1) is 0 Å². The normalized spacial score (nSPS) is 11.4. The summed E-state index contributed by atoms with van der Waals surface area (Å²) < 4.78 is 27.2. The number of carbonyl (C=O) groups excluding carboxylic acids is 1. The maximum atomic E-state index is 12.4. The first-order chi connectivity index (χ1) is 13.8. The van der Waals surface area contributed by atoms with Crippen LogP contribution in [0.4, 0.5) is 5.69 Å². The summed E-state index contributed by atoms with van der Waals surface area (Å²) in [5.41, 5.74) is 3.69. The molecule has 0 fully saturated rings. The summed E-state index contributed by atoms with van der Waals surface area (Å²) in [6.45, 7) is 0. The number of hydrazone groups is 1. The van der Waals surface area contributed by atoms with Gasteiger partial charge in [-0.15, -0.1) is 0 Å². The van der Waals surface area contributed by atoms with Crippen LogP contribution in [0.1, 0.15) is 15.9 Å². The van der Waals surface area contributed by atoms with Crippen molar-refractivity contribution in [1.29, 1.82) is 0 Å². The van der Waals surface area contributed by atoms with Gasteiger partial charge in [-0.3, -0.25) is 9.52 Å². The van der Waals surface area contributed by atoms with Gasteiger partial charge in [0.1, 0.15) is 0 Å². The summed E-state index contributed by atoms with van der Waals surface area (Å²) in [5, 5.41) is 4.83. The molecule has 0 atom stereocenters. The Morgan fingerprint density at radius 1 is 0.897 bits per heavy atom. The average molecular weight is 448 g/mol. The summed E-state index contributed by atoms with van der Waals surface area (Å²) in [7, 11) is -3.76. The SMILES string of the molecule is O=C(N/N=C/c1ccccc1Cl)c1ccc(NS(=O)(=O)c2ccc(Cl)cc2)cc1. The van der Waals surface area contributed by atoms with Crippen LogP contribution in [-0.2, 0) is 10.0 Å². The molecule has 0 heterocycles. The number of hydrogen-bond acceptors (Lipinski definition) is 4. The van der Waals surface area contributed by atoms with Gasteiger partial charge in [-0.1, -0.05) is 41.4 Å². The fourth-order valence-corrected chi connectivity index (χ4v) is 3.69. The highest BCUT2D eigenvalue weighted by atomic mass is 35.5. The van der Waals surface area contributed by atoms with Crippen LogP contribution in [0.3, 0.4) is 0 Å². The van der Waals surface area contributed by atoms with Crippen LogP contribution in [0.2, 0.25) is 10.0 Å². The van der Waals surface area contributed by atoms with Crippen molar-refractivity contribution in [2.75, 3.05) is 4.72 Å². The standard InChI is InChI=1S/C20H15Cl2N3O3S/c21-16-7-11-18(12-8-16)29(27,28)25-17-9-5-14(6-10-17)20(26)24-23-13-15-3-1-2-4-19(15)22/h1-13,25H,(H,24,26)/b23-13+. The van der Waals surface area contributed by atoms with E-state index in [-0.39, 0.29) is 4.90 Å². The maximum absolute atomic E-state index is 12.4. The van der Waals surface area contributed by atoms with E-state index in [1.807, 2.05) is 0 Å². The van der Waals surface area contributed by atoms with E-state index >= 15 is 0 Å². The molecule has 1 amide bonds. The van der Waals surface area contributed by atoms with Gasteiger partial charge >= 0.3 is 0 Å². The third kappa shape index (κ3) is 5.57. The number of nitrogens with one attached hydrogen (secondary N) is 2. The quantitative estimate of drug-likeness (QED) is 0.428. The number of amides is 1. The number of benzene rings is 3. The van der Waals surface area contributed by atoms with Crippen molar-refractivity contribution in [2.24, 2.45) is 5.10 Å². The average Bonchev–Trinajstić information content (AvgIpc) is 2.70. The molecule has 0 aromatic heterocycles. The number of sulfonamides is 1. The lowest BCUT2D eigenvalue weighted by Crippen LogP contribution is -2.18. The van der Waals surface area contributed by atoms with E-state index < -0.39 is 15.9 Å². The van der Waals surface area contributed by atoms with E-state index in [0.717, 1.165) is 0 Å². The van der Waals surface area contributed by atoms with E-state index in [1.165, 1.54) is 54.7 Å². The summed E-state index contributed by atoms with van der Waals surface area (Å²) >= 11 is 11.8. The first-order valence-electron chi connectivity index (χ1n) is 8.31. The highest BCUT2D eigenvalue weighted by molar-refractivity contribution is 7.92. The van der Waals surface area contributed by atoms with Crippen LogP contribution in [0.25, 0.3) is 0 Å². The van der Waals surface area contributed by atoms with E-state index in [1.54, 1.807) is 24.3 Å². The molecule has 0 saturated carbocycles. The summed E-state index contributed by atoms with van der Waals surface area (Å²) in [5.74, 6) is -0.444. The summed E-state index contributed by atoms with van der Waals surface area (Å²) in [4.78, 5) is 12.2. The van der Waals surface area contributed by atoms with Crippen LogP contribution >= 0.6 is 23.2 Å². The molecule has 0 spiro atoms. The Morgan fingerprint density at radius 2 is 1.55 bits per heavy atom. The van der Waals surface area contributed by atoms with E-state index in [4.69, 9.17) is 23.2 Å². The number of rotatable bonds is 6. The highest BCUT2D eigenvalue weighted by Crippen LogP contribution is 2.19. The van der Waals surface area contributed by atoms with Crippen molar-refractivity contribution in [2.45, 2.75) is 4.90 Å². The lowest BCUT2D eigenvalue weighted by atomic mass is 10.2. The van der Waals surface area contributed by atoms with Crippen molar-refractivity contribution in [3.63, 3.8) is 0 Å². The van der Waals surface area contributed by atoms with Gasteiger partial charge in [0.05, 0.1) is 11.1 Å². The number of anilines is 1. The molecule has 0 aliphatic heterocycles. The zero-order chi connectivity index (χ0) is 20.9. The zero-order valence-corrected chi connectivity index (χ0v) is 17.2. The molecule has 0 aliphatic carbocycles. The maximum Gasteiger partial charge on any atom is 0.271 e. The Hall–Kier alpha value is -2.87. The Labute approximate surface area is 178 Å². The topological polar surface area (TPSA) is 87.6 Å². The number of hydrogen-bond donors (Lipinski definition) is 2. The van der Waals surface area contributed by atoms with Crippen LogP contribution in [-0.4, -0.2) is 20.5 Å². The van der Waals surface area contributed by atoms with E-state index in [0.29, 0.717) is 26.9 Å². The molecular weight excluding hydrogens is 433 g/mol. The van der Waals surface area contributed by atoms with Gasteiger partial charge in [0, 0.05) is 26.9 Å². The van der Waals surface area contributed by atoms with Gasteiger partial charge in [-0.2, -0.15) is 5.10 Å². The molecule has 3 aromatic carbocycles. The van der Waals surface area contributed by atoms with Crippen LogP contribution in [0.5, 0.6) is 0 Å². The zero-order valence-electron chi connectivity index (χ0n) is 14.8. The van der Waals surface area contributed by atoms with Crippen LogP contribution < -0.4 is 10.1 Å². The molecule has 3 aromatic rings. The van der Waals surface area contributed by atoms with Gasteiger partial charge in [-0.25, -0.2) is 13.8 Å². The Balaban J connectivity index is 1.64. The molecule has 148 valence electrons. The Kier molecular flexibility index (Phi) is 6.53. The van der Waals surface area contributed by atoms with Gasteiger partial charge < -0.3 is 0 Å². The molecule has 2 N–H and O–H groups in total. The van der Waals surface area contributed by atoms with Crippen molar-refractivity contribution in [3.8, 4) is 0 Å². The monoisotopic (exact) mass is 447 g/mol. The lowest BCUT2D eigenvalue weighted by molar-refractivity contribution is 0.0955. The third-order valence-corrected chi connectivity index (χ3v) is 5.79. The lowest BCUT2D eigenvalue weighted by Gasteiger charge is -2.09. The number of carbonyl (C=O) groups is 1. The second-order valence-electron chi connectivity index (χ2n) is 5.86. The summed E-state index contributed by atoms with van der Waals surface area (Å²) in [6.07, 6.45) is 1.44. The second-order valence-corrected chi connectivity index (χ2v) is 8.38. The predicted molar refractivity (Wildman–Crippen MR) is 115 cm³/mol. The fraction of sp³-hybridized carbons (Fsp3) is 0. The van der Waals surface area contributed by atoms with Crippen molar-refractivity contribution in [3.05, 3.63) is 94.0 Å². The van der Waals surface area contributed by atoms with Gasteiger partial charge in [0.25, 0.3) is 15.9 Å². The van der Waals surface area contributed by atoms with Gasteiger partial charge in [-0.05, 0) is 54.6 Å². The molecule has 29 heavy (non-hydrogen) atoms. The fourth-order valence-electron chi connectivity index (χ4n) is 2.32. The predicted octanol–water partition coefficient (Wildman–Crippen LogP) is 4.56. The van der Waals surface area contributed by atoms with Gasteiger partial charge in [0.15, 0.2) is 0 Å². The minimum atomic E-state index is -3.76. The van der Waals surface area contributed by atoms with Crippen molar-refractivity contribution in [1.82, 2.24) is 5.43 Å². The third-order valence-electron chi connectivity index (χ3n) is 3.80. The molecule has 0 bridgehead atoms. The second kappa shape index (κ2) is 9.09. The first-order valence-corrected chi connectivity index (χ1v) is 10.6. The molecular formula is C20H15Cl2N3O3S. The molecule has 0 aliphatic rings. The molecule has 0 unspecified atom stereocenters. The smallest absolute Gasteiger partial charge is 0.271 e. The largest absolute Gasteiger partial charge is 0.280 e. The first kappa shape index (κ1) is 20.9. The Bertz CT molecular complexity index is 1150. The van der Waals surface area contributed by atoms with E-state index in [9.17, 15) is 13.2 Å². The number of halogens is 2. The Morgan fingerprint density at radius 3 is 2.21 bits per heavy atom. The van der Waals surface area contributed by atoms with Crippen LogP contribution in [0.15, 0.2) is 82.8 Å². The molecule has 0 saturated heterocycles.